The average molecular weight is 290 g/mol. The number of hydrogen-bond donors (Lipinski definition) is 2. The van der Waals surface area contributed by atoms with Crippen molar-refractivity contribution >= 4 is 16.8 Å². The summed E-state index contributed by atoms with van der Waals surface area (Å²) in [7, 11) is 0. The van der Waals surface area contributed by atoms with Crippen molar-refractivity contribution in [2.75, 3.05) is 0 Å². The first-order valence-electron chi connectivity index (χ1n) is 7.73. The number of nitrogens with one attached hydrogen (secondary N) is 2. The minimum atomic E-state index is 0.0893. The van der Waals surface area contributed by atoms with Gasteiger partial charge in [0.1, 0.15) is 0 Å². The van der Waals surface area contributed by atoms with Crippen LogP contribution < -0.4 is 5.32 Å². The van der Waals surface area contributed by atoms with Crippen LogP contribution in [0.3, 0.4) is 0 Å². The smallest absolute Gasteiger partial charge is 0.224 e. The van der Waals surface area contributed by atoms with E-state index in [0.717, 1.165) is 29.3 Å². The molecule has 1 aliphatic rings. The van der Waals surface area contributed by atoms with Gasteiger partial charge in [-0.15, -0.1) is 0 Å². The molecule has 3 aromatic rings. The fourth-order valence-corrected chi connectivity index (χ4v) is 3.40. The molecule has 0 fully saturated rings. The molecule has 3 heteroatoms. The molecule has 1 unspecified atom stereocenters. The van der Waals surface area contributed by atoms with Crippen LogP contribution in [0.15, 0.2) is 54.7 Å². The molecule has 4 rings (SSSR count). The number of fused-ring (bicyclic) bond motifs is 2. The molecule has 2 aromatic carbocycles. The molecule has 3 nitrogen and oxygen atoms in total. The van der Waals surface area contributed by atoms with Gasteiger partial charge in [0.25, 0.3) is 0 Å². The lowest BCUT2D eigenvalue weighted by atomic mass is 10.1. The number of H-pyrrole nitrogens is 1. The predicted octanol–water partition coefficient (Wildman–Crippen LogP) is 3.51. The molecule has 0 radical (unpaired) electrons. The first kappa shape index (κ1) is 13.1. The third kappa shape index (κ3) is 2.29. The molecule has 0 spiro atoms. The third-order valence-electron chi connectivity index (χ3n) is 4.49. The Morgan fingerprint density at radius 2 is 1.95 bits per heavy atom. The van der Waals surface area contributed by atoms with Gasteiger partial charge in [0.05, 0.1) is 12.5 Å². The molecule has 0 saturated carbocycles. The molecule has 1 amide bonds. The molecule has 1 aromatic heterocycles. The molecule has 0 saturated heterocycles. The Morgan fingerprint density at radius 1 is 1.14 bits per heavy atom. The van der Waals surface area contributed by atoms with Gasteiger partial charge in [-0.3, -0.25) is 4.79 Å². The van der Waals surface area contributed by atoms with Crippen LogP contribution in [0.25, 0.3) is 10.9 Å². The van der Waals surface area contributed by atoms with Crippen molar-refractivity contribution in [3.63, 3.8) is 0 Å². The fraction of sp³-hybridized carbons (Fsp3) is 0.211. The summed E-state index contributed by atoms with van der Waals surface area (Å²) in [4.78, 5) is 15.6. The summed E-state index contributed by atoms with van der Waals surface area (Å²) in [6.45, 7) is 0. The Labute approximate surface area is 129 Å². The zero-order chi connectivity index (χ0) is 14.9. The standard InChI is InChI=1S/C19H18N2O/c22-19(11-14-12-20-17-8-4-3-7-16(14)17)21-18-10-9-13-5-1-2-6-15(13)18/h1-8,12,18,20H,9-11H2,(H,21,22). The number of amides is 1. The highest BCUT2D eigenvalue weighted by molar-refractivity contribution is 5.89. The molecular weight excluding hydrogens is 272 g/mol. The van der Waals surface area contributed by atoms with E-state index < -0.39 is 0 Å². The highest BCUT2D eigenvalue weighted by Gasteiger charge is 2.23. The second-order valence-electron chi connectivity index (χ2n) is 5.89. The van der Waals surface area contributed by atoms with Crippen molar-refractivity contribution in [3.8, 4) is 0 Å². The van der Waals surface area contributed by atoms with Crippen molar-refractivity contribution in [3.05, 3.63) is 71.4 Å². The van der Waals surface area contributed by atoms with Crippen LogP contribution in [-0.2, 0) is 17.6 Å². The third-order valence-corrected chi connectivity index (χ3v) is 4.49. The maximum absolute atomic E-state index is 12.4. The molecule has 0 bridgehead atoms. The first-order valence-corrected chi connectivity index (χ1v) is 7.73. The second-order valence-corrected chi connectivity index (χ2v) is 5.89. The van der Waals surface area contributed by atoms with Gasteiger partial charge in [-0.2, -0.15) is 0 Å². The van der Waals surface area contributed by atoms with E-state index in [4.69, 9.17) is 0 Å². The largest absolute Gasteiger partial charge is 0.361 e. The highest BCUT2D eigenvalue weighted by Crippen LogP contribution is 2.30. The lowest BCUT2D eigenvalue weighted by Crippen LogP contribution is -2.28. The van der Waals surface area contributed by atoms with E-state index in [1.165, 1.54) is 11.1 Å². The van der Waals surface area contributed by atoms with Crippen LogP contribution in [-0.4, -0.2) is 10.9 Å². The van der Waals surface area contributed by atoms with Gasteiger partial charge < -0.3 is 10.3 Å². The van der Waals surface area contributed by atoms with Crippen LogP contribution in [0.4, 0.5) is 0 Å². The summed E-state index contributed by atoms with van der Waals surface area (Å²) in [5, 5.41) is 4.31. The summed E-state index contributed by atoms with van der Waals surface area (Å²) >= 11 is 0. The van der Waals surface area contributed by atoms with Gasteiger partial charge in [-0.1, -0.05) is 42.5 Å². The van der Waals surface area contributed by atoms with Gasteiger partial charge in [-0.25, -0.2) is 0 Å². The number of aromatic amines is 1. The molecule has 22 heavy (non-hydrogen) atoms. The van der Waals surface area contributed by atoms with Crippen molar-refractivity contribution in [2.24, 2.45) is 0 Å². The van der Waals surface area contributed by atoms with Crippen LogP contribution in [0.1, 0.15) is 29.2 Å². The van der Waals surface area contributed by atoms with Gasteiger partial charge in [0.2, 0.25) is 5.91 Å². The Morgan fingerprint density at radius 3 is 2.91 bits per heavy atom. The normalized spacial score (nSPS) is 16.6. The van der Waals surface area contributed by atoms with Crippen molar-refractivity contribution in [1.82, 2.24) is 10.3 Å². The SMILES string of the molecule is O=C(Cc1c[nH]c2ccccc12)NC1CCc2ccccc21. The van der Waals surface area contributed by atoms with E-state index in [0.29, 0.717) is 6.42 Å². The molecule has 110 valence electrons. The number of aromatic nitrogens is 1. The van der Waals surface area contributed by atoms with E-state index >= 15 is 0 Å². The fourth-order valence-electron chi connectivity index (χ4n) is 3.40. The van der Waals surface area contributed by atoms with E-state index in [1.807, 2.05) is 30.5 Å². The van der Waals surface area contributed by atoms with Crippen LogP contribution in [0, 0.1) is 0 Å². The van der Waals surface area contributed by atoms with Crippen LogP contribution in [0.5, 0.6) is 0 Å². The maximum Gasteiger partial charge on any atom is 0.224 e. The zero-order valence-corrected chi connectivity index (χ0v) is 12.3. The van der Waals surface area contributed by atoms with Crippen molar-refractivity contribution < 1.29 is 4.79 Å². The van der Waals surface area contributed by atoms with Gasteiger partial charge in [0.15, 0.2) is 0 Å². The first-order chi connectivity index (χ1) is 10.8. The minimum Gasteiger partial charge on any atom is -0.361 e. The van der Waals surface area contributed by atoms with Gasteiger partial charge >= 0.3 is 0 Å². The maximum atomic E-state index is 12.4. The van der Waals surface area contributed by atoms with E-state index in [-0.39, 0.29) is 11.9 Å². The Balaban J connectivity index is 1.50. The monoisotopic (exact) mass is 290 g/mol. The molecule has 2 N–H and O–H groups in total. The second kappa shape index (κ2) is 5.34. The number of rotatable bonds is 3. The number of carbonyl (C=O) groups excluding carboxylic acids is 1. The predicted molar refractivity (Wildman–Crippen MR) is 87.6 cm³/mol. The summed E-state index contributed by atoms with van der Waals surface area (Å²) in [5.41, 5.74) is 4.77. The summed E-state index contributed by atoms with van der Waals surface area (Å²) in [6.07, 6.45) is 4.41. The minimum absolute atomic E-state index is 0.0893. The lowest BCUT2D eigenvalue weighted by molar-refractivity contribution is -0.121. The summed E-state index contributed by atoms with van der Waals surface area (Å²) < 4.78 is 0. The van der Waals surface area contributed by atoms with Crippen LogP contribution >= 0.6 is 0 Å². The van der Waals surface area contributed by atoms with Crippen molar-refractivity contribution in [2.45, 2.75) is 25.3 Å². The summed E-state index contributed by atoms with van der Waals surface area (Å²) in [5.74, 6) is 0.0893. The highest BCUT2D eigenvalue weighted by atomic mass is 16.1. The molecule has 1 heterocycles. The van der Waals surface area contributed by atoms with E-state index in [1.54, 1.807) is 0 Å². The Bertz CT molecular complexity index is 834. The van der Waals surface area contributed by atoms with Gasteiger partial charge in [0, 0.05) is 17.1 Å². The average Bonchev–Trinajstić information content (AvgIpc) is 3.13. The number of hydrogen-bond acceptors (Lipinski definition) is 1. The van der Waals surface area contributed by atoms with Crippen LogP contribution in [0.2, 0.25) is 0 Å². The summed E-state index contributed by atoms with van der Waals surface area (Å²) in [6, 6.07) is 16.6. The van der Waals surface area contributed by atoms with Gasteiger partial charge in [-0.05, 0) is 35.6 Å². The lowest BCUT2D eigenvalue weighted by Gasteiger charge is -2.14. The van der Waals surface area contributed by atoms with E-state index in [2.05, 4.69) is 34.6 Å². The molecule has 0 aliphatic heterocycles. The number of aryl methyl sites for hydroxylation is 1. The molecule has 1 atom stereocenters. The Hall–Kier alpha value is -2.55. The zero-order valence-electron chi connectivity index (χ0n) is 12.3. The number of carbonyl (C=O) groups is 1. The van der Waals surface area contributed by atoms with Crippen molar-refractivity contribution in [1.29, 1.82) is 0 Å². The molecular formula is C19H18N2O. The molecule has 1 aliphatic carbocycles. The Kier molecular flexibility index (Phi) is 3.19. The number of para-hydroxylation sites is 1. The number of benzene rings is 2. The quantitative estimate of drug-likeness (QED) is 0.761. The topological polar surface area (TPSA) is 44.9 Å². The van der Waals surface area contributed by atoms with E-state index in [9.17, 15) is 4.79 Å².